The molecule has 1 unspecified atom stereocenters. The first-order valence-electron chi connectivity index (χ1n) is 8.90. The predicted octanol–water partition coefficient (Wildman–Crippen LogP) is 4.56. The second kappa shape index (κ2) is 11.0. The Morgan fingerprint density at radius 1 is 1.21 bits per heavy atom. The van der Waals surface area contributed by atoms with Crippen molar-refractivity contribution in [2.75, 3.05) is 6.54 Å². The monoisotopic (exact) mass is 510 g/mol. The van der Waals surface area contributed by atoms with Crippen LogP contribution >= 0.6 is 35.6 Å². The van der Waals surface area contributed by atoms with E-state index in [9.17, 15) is 0 Å². The number of aliphatic imine (C=N–C) groups is 1. The summed E-state index contributed by atoms with van der Waals surface area (Å²) in [5, 5.41) is 14.2. The summed E-state index contributed by atoms with van der Waals surface area (Å²) in [5.74, 6) is 1.51. The molecule has 3 rings (SSSR count). The Morgan fingerprint density at radius 2 is 2.04 bits per heavy atom. The molecule has 1 aromatic heterocycles. The van der Waals surface area contributed by atoms with Crippen LogP contribution < -0.4 is 10.6 Å². The van der Waals surface area contributed by atoms with Crippen LogP contribution in [0.25, 0.3) is 11.4 Å². The predicted molar refractivity (Wildman–Crippen MR) is 125 cm³/mol. The Labute approximate surface area is 187 Å². The van der Waals surface area contributed by atoms with Crippen molar-refractivity contribution in [2.45, 2.75) is 26.4 Å². The zero-order valence-electron chi connectivity index (χ0n) is 15.8. The normalized spacial score (nSPS) is 12.2. The van der Waals surface area contributed by atoms with Gasteiger partial charge in [-0.3, -0.25) is 5.10 Å². The lowest BCUT2D eigenvalue weighted by Crippen LogP contribution is -2.38. The summed E-state index contributed by atoms with van der Waals surface area (Å²) in [7, 11) is 0. The number of H-pyrrole nitrogens is 1. The molecule has 0 amide bonds. The molecule has 148 valence electrons. The standard InChI is InChI=1S/C20H23ClN6.HI/c1-3-22-20(26-14(2)16-7-5-9-18(21)11-16)23-12-15-6-4-8-17(10-15)19-24-13-25-27-19;/h4-11,13-14H,3,12H2,1-2H3,(H2,22,23,26)(H,24,25,27);1H. The topological polar surface area (TPSA) is 78.0 Å². The Balaban J connectivity index is 0.00000280. The number of benzene rings is 2. The summed E-state index contributed by atoms with van der Waals surface area (Å²) in [6.45, 7) is 5.47. The van der Waals surface area contributed by atoms with Gasteiger partial charge in [-0.2, -0.15) is 5.10 Å². The summed E-state index contributed by atoms with van der Waals surface area (Å²) >= 11 is 6.10. The van der Waals surface area contributed by atoms with Gasteiger partial charge in [-0.05, 0) is 43.2 Å². The third-order valence-electron chi connectivity index (χ3n) is 4.08. The minimum Gasteiger partial charge on any atom is -0.357 e. The summed E-state index contributed by atoms with van der Waals surface area (Å²) in [6.07, 6.45) is 1.50. The van der Waals surface area contributed by atoms with E-state index in [-0.39, 0.29) is 30.0 Å². The van der Waals surface area contributed by atoms with E-state index in [1.165, 1.54) is 6.33 Å². The number of halogens is 2. The summed E-state index contributed by atoms with van der Waals surface area (Å²) < 4.78 is 0. The molecule has 0 aliphatic heterocycles. The average Bonchev–Trinajstić information content (AvgIpc) is 3.21. The minimum absolute atomic E-state index is 0. The highest BCUT2D eigenvalue weighted by Crippen LogP contribution is 2.18. The second-order valence-electron chi connectivity index (χ2n) is 6.15. The maximum atomic E-state index is 6.10. The van der Waals surface area contributed by atoms with Crippen molar-refractivity contribution in [3.63, 3.8) is 0 Å². The van der Waals surface area contributed by atoms with E-state index in [4.69, 9.17) is 16.6 Å². The maximum absolute atomic E-state index is 6.10. The molecule has 2 aromatic carbocycles. The molecule has 0 radical (unpaired) electrons. The van der Waals surface area contributed by atoms with Crippen LogP contribution in [0.3, 0.4) is 0 Å². The van der Waals surface area contributed by atoms with Gasteiger partial charge in [0, 0.05) is 17.1 Å². The van der Waals surface area contributed by atoms with Crippen LogP contribution in [0.15, 0.2) is 59.9 Å². The summed E-state index contributed by atoms with van der Waals surface area (Å²) in [5.41, 5.74) is 3.20. The second-order valence-corrected chi connectivity index (χ2v) is 6.59. The molecule has 0 saturated carbocycles. The molecule has 0 spiro atoms. The third-order valence-corrected chi connectivity index (χ3v) is 4.32. The molecular weight excluding hydrogens is 487 g/mol. The molecule has 0 bridgehead atoms. The number of aromatic nitrogens is 3. The molecule has 28 heavy (non-hydrogen) atoms. The van der Waals surface area contributed by atoms with Crippen molar-refractivity contribution in [1.82, 2.24) is 25.8 Å². The molecule has 3 N–H and O–H groups in total. The highest BCUT2D eigenvalue weighted by atomic mass is 127. The van der Waals surface area contributed by atoms with E-state index in [0.29, 0.717) is 6.54 Å². The van der Waals surface area contributed by atoms with Crippen LogP contribution in [-0.4, -0.2) is 27.7 Å². The van der Waals surface area contributed by atoms with Gasteiger partial charge in [0.2, 0.25) is 0 Å². The number of guanidine groups is 1. The lowest BCUT2D eigenvalue weighted by atomic mass is 10.1. The molecule has 0 saturated heterocycles. The van der Waals surface area contributed by atoms with E-state index >= 15 is 0 Å². The molecule has 8 heteroatoms. The third kappa shape index (κ3) is 6.20. The quantitative estimate of drug-likeness (QED) is 0.258. The molecule has 3 aromatic rings. The van der Waals surface area contributed by atoms with Gasteiger partial charge < -0.3 is 10.6 Å². The SMILES string of the molecule is CCNC(=NCc1cccc(-c2ncn[nH]2)c1)NC(C)c1cccc(Cl)c1.I. The van der Waals surface area contributed by atoms with Crippen molar-refractivity contribution in [3.05, 3.63) is 71.0 Å². The number of hydrogen-bond donors (Lipinski definition) is 3. The van der Waals surface area contributed by atoms with Crippen LogP contribution in [0, 0.1) is 0 Å². The fraction of sp³-hybridized carbons (Fsp3) is 0.250. The van der Waals surface area contributed by atoms with Crippen LogP contribution in [0.1, 0.15) is 31.0 Å². The number of hydrogen-bond acceptors (Lipinski definition) is 3. The van der Waals surface area contributed by atoms with E-state index in [1.807, 2.05) is 49.4 Å². The van der Waals surface area contributed by atoms with Gasteiger partial charge in [0.25, 0.3) is 0 Å². The fourth-order valence-corrected chi connectivity index (χ4v) is 2.91. The molecule has 6 nitrogen and oxygen atoms in total. The lowest BCUT2D eigenvalue weighted by molar-refractivity contribution is 0.686. The number of aromatic amines is 1. The van der Waals surface area contributed by atoms with Crippen molar-refractivity contribution in [3.8, 4) is 11.4 Å². The lowest BCUT2D eigenvalue weighted by Gasteiger charge is -2.18. The smallest absolute Gasteiger partial charge is 0.192 e. The summed E-state index contributed by atoms with van der Waals surface area (Å²) in [4.78, 5) is 8.90. The highest BCUT2D eigenvalue weighted by molar-refractivity contribution is 14.0. The van der Waals surface area contributed by atoms with Gasteiger partial charge in [0.05, 0.1) is 12.6 Å². The molecule has 0 aliphatic carbocycles. The Hall–Kier alpha value is -2.13. The first-order chi connectivity index (χ1) is 13.2. The first-order valence-corrected chi connectivity index (χ1v) is 9.28. The Kier molecular flexibility index (Phi) is 8.72. The zero-order chi connectivity index (χ0) is 19.1. The van der Waals surface area contributed by atoms with Gasteiger partial charge in [-0.1, -0.05) is 41.9 Å². The average molecular weight is 511 g/mol. The molecular formula is C20H24ClIN6. The molecule has 0 fully saturated rings. The van der Waals surface area contributed by atoms with Gasteiger partial charge in [0.15, 0.2) is 11.8 Å². The summed E-state index contributed by atoms with van der Waals surface area (Å²) in [6, 6.07) is 16.0. The number of rotatable bonds is 6. The highest BCUT2D eigenvalue weighted by Gasteiger charge is 2.08. The van der Waals surface area contributed by atoms with E-state index in [0.717, 1.165) is 40.0 Å². The van der Waals surface area contributed by atoms with Gasteiger partial charge in [-0.15, -0.1) is 24.0 Å². The zero-order valence-corrected chi connectivity index (χ0v) is 18.9. The largest absolute Gasteiger partial charge is 0.357 e. The van der Waals surface area contributed by atoms with Crippen molar-refractivity contribution in [1.29, 1.82) is 0 Å². The van der Waals surface area contributed by atoms with Crippen LogP contribution in [0.2, 0.25) is 5.02 Å². The van der Waals surface area contributed by atoms with Crippen molar-refractivity contribution < 1.29 is 0 Å². The Morgan fingerprint density at radius 3 is 2.75 bits per heavy atom. The minimum atomic E-state index is 0. The van der Waals surface area contributed by atoms with E-state index in [1.54, 1.807) is 0 Å². The molecule has 0 aliphatic rings. The van der Waals surface area contributed by atoms with E-state index in [2.05, 4.69) is 38.8 Å². The molecule has 1 atom stereocenters. The first kappa shape index (κ1) is 22.2. The maximum Gasteiger partial charge on any atom is 0.192 e. The van der Waals surface area contributed by atoms with Crippen LogP contribution in [0.5, 0.6) is 0 Å². The van der Waals surface area contributed by atoms with Crippen LogP contribution in [-0.2, 0) is 6.54 Å². The van der Waals surface area contributed by atoms with Gasteiger partial charge in [-0.25, -0.2) is 9.98 Å². The van der Waals surface area contributed by atoms with Crippen molar-refractivity contribution >= 4 is 41.5 Å². The number of nitrogens with one attached hydrogen (secondary N) is 3. The fourth-order valence-electron chi connectivity index (χ4n) is 2.72. The Bertz CT molecular complexity index is 897. The van der Waals surface area contributed by atoms with Crippen LogP contribution in [0.4, 0.5) is 0 Å². The van der Waals surface area contributed by atoms with Gasteiger partial charge >= 0.3 is 0 Å². The van der Waals surface area contributed by atoms with Gasteiger partial charge in [0.1, 0.15) is 6.33 Å². The number of nitrogens with zero attached hydrogens (tertiary/aromatic N) is 3. The molecule has 1 heterocycles. The van der Waals surface area contributed by atoms with E-state index < -0.39 is 0 Å². The van der Waals surface area contributed by atoms with Crippen molar-refractivity contribution in [2.24, 2.45) is 4.99 Å².